The molecule has 3 nitrogen and oxygen atoms in total. The van der Waals surface area contributed by atoms with E-state index in [2.05, 4.69) is 30.4 Å². The fraction of sp³-hybridized carbons (Fsp3) is 0.174. The molecule has 4 heteroatoms. The Morgan fingerprint density at radius 3 is 2.41 bits per heavy atom. The SMILES string of the molecule is Cc1cccc(CSCC(=O)Nc2ccc(OCc3ccccc3)cc2)c1. The van der Waals surface area contributed by atoms with Crippen LogP contribution in [0.25, 0.3) is 0 Å². The van der Waals surface area contributed by atoms with Crippen LogP contribution in [0.4, 0.5) is 5.69 Å². The Balaban J connectivity index is 1.41. The smallest absolute Gasteiger partial charge is 0.234 e. The van der Waals surface area contributed by atoms with Gasteiger partial charge in [-0.1, -0.05) is 60.2 Å². The second kappa shape index (κ2) is 9.83. The van der Waals surface area contributed by atoms with Crippen molar-refractivity contribution >= 4 is 23.4 Å². The number of carbonyl (C=O) groups excluding carboxylic acids is 1. The molecule has 1 N–H and O–H groups in total. The number of anilines is 1. The zero-order chi connectivity index (χ0) is 18.9. The van der Waals surface area contributed by atoms with Gasteiger partial charge in [-0.3, -0.25) is 4.79 Å². The Morgan fingerprint density at radius 2 is 1.67 bits per heavy atom. The van der Waals surface area contributed by atoms with Crippen LogP contribution >= 0.6 is 11.8 Å². The normalized spacial score (nSPS) is 10.4. The zero-order valence-corrected chi connectivity index (χ0v) is 16.2. The number of hydrogen-bond donors (Lipinski definition) is 1. The van der Waals surface area contributed by atoms with Crippen LogP contribution in [0, 0.1) is 6.92 Å². The number of aryl methyl sites for hydroxylation is 1. The Kier molecular flexibility index (Phi) is 6.94. The molecule has 0 heterocycles. The van der Waals surface area contributed by atoms with Crippen LogP contribution in [-0.2, 0) is 17.2 Å². The minimum atomic E-state index is 0.00519. The number of carbonyl (C=O) groups is 1. The molecule has 0 atom stereocenters. The van der Waals surface area contributed by atoms with Crippen LogP contribution in [0.15, 0.2) is 78.9 Å². The maximum atomic E-state index is 12.1. The van der Waals surface area contributed by atoms with Gasteiger partial charge in [-0.2, -0.15) is 0 Å². The van der Waals surface area contributed by atoms with Gasteiger partial charge in [-0.15, -0.1) is 11.8 Å². The molecule has 0 fully saturated rings. The molecule has 0 aliphatic heterocycles. The Bertz CT molecular complexity index is 863. The fourth-order valence-electron chi connectivity index (χ4n) is 2.64. The molecule has 0 saturated carbocycles. The van der Waals surface area contributed by atoms with Crippen molar-refractivity contribution in [3.05, 3.63) is 95.6 Å². The first kappa shape index (κ1) is 19.1. The van der Waals surface area contributed by atoms with E-state index in [-0.39, 0.29) is 5.91 Å². The van der Waals surface area contributed by atoms with E-state index in [0.717, 1.165) is 22.8 Å². The van der Waals surface area contributed by atoms with Gasteiger partial charge < -0.3 is 10.1 Å². The van der Waals surface area contributed by atoms with E-state index in [1.807, 2.05) is 60.7 Å². The summed E-state index contributed by atoms with van der Waals surface area (Å²) < 4.78 is 5.76. The van der Waals surface area contributed by atoms with Crippen LogP contribution in [0.5, 0.6) is 5.75 Å². The molecule has 3 aromatic rings. The number of amides is 1. The van der Waals surface area contributed by atoms with E-state index in [0.29, 0.717) is 12.4 Å². The third-order valence-electron chi connectivity index (χ3n) is 3.97. The lowest BCUT2D eigenvalue weighted by atomic mass is 10.2. The number of thioether (sulfide) groups is 1. The number of nitrogens with one attached hydrogen (secondary N) is 1. The van der Waals surface area contributed by atoms with Crippen molar-refractivity contribution in [2.45, 2.75) is 19.3 Å². The van der Waals surface area contributed by atoms with Crippen molar-refractivity contribution in [2.24, 2.45) is 0 Å². The maximum absolute atomic E-state index is 12.1. The Morgan fingerprint density at radius 1 is 0.926 bits per heavy atom. The van der Waals surface area contributed by atoms with E-state index < -0.39 is 0 Å². The summed E-state index contributed by atoms with van der Waals surface area (Å²) in [6.07, 6.45) is 0. The molecule has 138 valence electrons. The molecule has 1 amide bonds. The summed E-state index contributed by atoms with van der Waals surface area (Å²) in [6.45, 7) is 2.61. The standard InChI is InChI=1S/C23H23NO2S/c1-18-6-5-9-20(14-18)16-27-17-23(25)24-21-10-12-22(13-11-21)26-15-19-7-3-2-4-8-19/h2-14H,15-17H2,1H3,(H,24,25). The fourth-order valence-corrected chi connectivity index (χ4v) is 3.41. The van der Waals surface area contributed by atoms with Gasteiger partial charge in [0.05, 0.1) is 5.75 Å². The Labute approximate surface area is 164 Å². The van der Waals surface area contributed by atoms with Gasteiger partial charge in [0.25, 0.3) is 0 Å². The minimum Gasteiger partial charge on any atom is -0.489 e. The quantitative estimate of drug-likeness (QED) is 0.567. The lowest BCUT2D eigenvalue weighted by Gasteiger charge is -2.09. The monoisotopic (exact) mass is 377 g/mol. The first-order chi connectivity index (χ1) is 13.2. The van der Waals surface area contributed by atoms with Gasteiger partial charge in [0.15, 0.2) is 0 Å². The molecular weight excluding hydrogens is 354 g/mol. The van der Waals surface area contributed by atoms with Crippen molar-refractivity contribution in [1.82, 2.24) is 0 Å². The molecule has 0 aromatic heterocycles. The van der Waals surface area contributed by atoms with Crippen LogP contribution in [0.1, 0.15) is 16.7 Å². The van der Waals surface area contributed by atoms with E-state index in [1.165, 1.54) is 11.1 Å². The van der Waals surface area contributed by atoms with E-state index in [4.69, 9.17) is 4.74 Å². The first-order valence-corrected chi connectivity index (χ1v) is 10.0. The molecule has 3 aromatic carbocycles. The first-order valence-electron chi connectivity index (χ1n) is 8.89. The Hall–Kier alpha value is -2.72. The summed E-state index contributed by atoms with van der Waals surface area (Å²) in [5, 5.41) is 2.93. The topological polar surface area (TPSA) is 38.3 Å². The molecule has 0 saturated heterocycles. The van der Waals surface area contributed by atoms with Crippen molar-refractivity contribution in [1.29, 1.82) is 0 Å². The number of hydrogen-bond acceptors (Lipinski definition) is 3. The zero-order valence-electron chi connectivity index (χ0n) is 15.4. The van der Waals surface area contributed by atoms with Gasteiger partial charge in [-0.05, 0) is 42.3 Å². The van der Waals surface area contributed by atoms with Crippen molar-refractivity contribution in [2.75, 3.05) is 11.1 Å². The van der Waals surface area contributed by atoms with Gasteiger partial charge in [0, 0.05) is 11.4 Å². The van der Waals surface area contributed by atoms with Gasteiger partial charge >= 0.3 is 0 Å². The molecular formula is C23H23NO2S. The number of benzene rings is 3. The molecule has 0 aliphatic carbocycles. The third kappa shape index (κ3) is 6.50. The molecule has 0 unspecified atom stereocenters. The van der Waals surface area contributed by atoms with Crippen molar-refractivity contribution in [3.63, 3.8) is 0 Å². The van der Waals surface area contributed by atoms with E-state index in [9.17, 15) is 4.79 Å². The maximum Gasteiger partial charge on any atom is 0.234 e. The van der Waals surface area contributed by atoms with Gasteiger partial charge in [0.1, 0.15) is 12.4 Å². The summed E-state index contributed by atoms with van der Waals surface area (Å²) >= 11 is 1.61. The minimum absolute atomic E-state index is 0.00519. The number of rotatable bonds is 8. The van der Waals surface area contributed by atoms with Crippen LogP contribution in [-0.4, -0.2) is 11.7 Å². The number of ether oxygens (including phenoxy) is 1. The highest BCUT2D eigenvalue weighted by Gasteiger charge is 2.04. The van der Waals surface area contributed by atoms with Gasteiger partial charge in [-0.25, -0.2) is 0 Å². The van der Waals surface area contributed by atoms with Crippen LogP contribution in [0.2, 0.25) is 0 Å². The lowest BCUT2D eigenvalue weighted by molar-refractivity contribution is -0.113. The molecule has 3 rings (SSSR count). The second-order valence-corrected chi connectivity index (χ2v) is 7.31. The van der Waals surface area contributed by atoms with Crippen LogP contribution in [0.3, 0.4) is 0 Å². The summed E-state index contributed by atoms with van der Waals surface area (Å²) in [7, 11) is 0. The van der Waals surface area contributed by atoms with E-state index in [1.54, 1.807) is 11.8 Å². The summed E-state index contributed by atoms with van der Waals surface area (Å²) in [4.78, 5) is 12.1. The predicted octanol–water partition coefficient (Wildman–Crippen LogP) is 5.45. The van der Waals surface area contributed by atoms with Crippen molar-refractivity contribution < 1.29 is 9.53 Å². The molecule has 0 aliphatic rings. The predicted molar refractivity (Wildman–Crippen MR) is 113 cm³/mol. The van der Waals surface area contributed by atoms with Crippen molar-refractivity contribution in [3.8, 4) is 5.75 Å². The average molecular weight is 378 g/mol. The average Bonchev–Trinajstić information content (AvgIpc) is 2.68. The van der Waals surface area contributed by atoms with Gasteiger partial charge in [0.2, 0.25) is 5.91 Å². The molecule has 0 radical (unpaired) electrons. The highest BCUT2D eigenvalue weighted by atomic mass is 32.2. The van der Waals surface area contributed by atoms with E-state index >= 15 is 0 Å². The third-order valence-corrected chi connectivity index (χ3v) is 4.97. The molecule has 0 spiro atoms. The van der Waals surface area contributed by atoms with Crippen LogP contribution < -0.4 is 10.1 Å². The lowest BCUT2D eigenvalue weighted by Crippen LogP contribution is -2.14. The largest absolute Gasteiger partial charge is 0.489 e. The summed E-state index contributed by atoms with van der Waals surface area (Å²) in [6, 6.07) is 25.9. The second-order valence-electron chi connectivity index (χ2n) is 6.33. The summed E-state index contributed by atoms with van der Waals surface area (Å²) in [5.41, 5.74) is 4.39. The summed E-state index contributed by atoms with van der Waals surface area (Å²) in [5.74, 6) is 2.05. The molecule has 27 heavy (non-hydrogen) atoms. The highest BCUT2D eigenvalue weighted by Crippen LogP contribution is 2.18. The molecule has 0 bridgehead atoms. The highest BCUT2D eigenvalue weighted by molar-refractivity contribution is 7.99.